The van der Waals surface area contributed by atoms with Gasteiger partial charge in [0.15, 0.2) is 0 Å². The van der Waals surface area contributed by atoms with Crippen LogP contribution in [0.25, 0.3) is 10.9 Å². The van der Waals surface area contributed by atoms with Crippen LogP contribution in [0.15, 0.2) is 36.5 Å². The molecule has 2 aliphatic heterocycles. The van der Waals surface area contributed by atoms with E-state index in [-0.39, 0.29) is 24.1 Å². The molecule has 1 aromatic carbocycles. The number of hydrazine groups is 1. The maximum atomic E-state index is 12.4. The van der Waals surface area contributed by atoms with Gasteiger partial charge in [0.2, 0.25) is 5.91 Å². The lowest BCUT2D eigenvalue weighted by molar-refractivity contribution is -0.123. The van der Waals surface area contributed by atoms with Crippen LogP contribution in [-0.2, 0) is 16.1 Å². The highest BCUT2D eigenvalue weighted by molar-refractivity contribution is 5.82. The molecular formula is C19H26N4O2. The van der Waals surface area contributed by atoms with Gasteiger partial charge in [0.05, 0.1) is 6.10 Å². The highest BCUT2D eigenvalue weighted by atomic mass is 16.5. The quantitative estimate of drug-likeness (QED) is 0.771. The molecule has 6 nitrogen and oxygen atoms in total. The molecule has 25 heavy (non-hydrogen) atoms. The summed E-state index contributed by atoms with van der Waals surface area (Å²) in [5.41, 5.74) is 7.63. The SMILES string of the molecule is O=C(NCC1CCCCO1)C1CC(Cn2ccc3ccccc32)NN1. The van der Waals surface area contributed by atoms with Gasteiger partial charge < -0.3 is 14.6 Å². The molecule has 2 aromatic rings. The van der Waals surface area contributed by atoms with E-state index in [0.29, 0.717) is 6.54 Å². The molecule has 3 unspecified atom stereocenters. The molecule has 1 aromatic heterocycles. The van der Waals surface area contributed by atoms with Gasteiger partial charge in [0.1, 0.15) is 6.04 Å². The number of nitrogens with one attached hydrogen (secondary N) is 3. The normalized spacial score (nSPS) is 26.8. The molecule has 2 saturated heterocycles. The fourth-order valence-electron chi connectivity index (χ4n) is 3.76. The van der Waals surface area contributed by atoms with Crippen LogP contribution in [0.1, 0.15) is 25.7 Å². The van der Waals surface area contributed by atoms with Crippen LogP contribution in [0, 0.1) is 0 Å². The summed E-state index contributed by atoms with van der Waals surface area (Å²) in [6, 6.07) is 10.5. The second-order valence-corrected chi connectivity index (χ2v) is 7.03. The molecular weight excluding hydrogens is 316 g/mol. The number of carbonyl (C=O) groups excluding carboxylic acids is 1. The average Bonchev–Trinajstić information content (AvgIpc) is 3.29. The van der Waals surface area contributed by atoms with Gasteiger partial charge in [0, 0.05) is 37.5 Å². The van der Waals surface area contributed by atoms with E-state index >= 15 is 0 Å². The summed E-state index contributed by atoms with van der Waals surface area (Å²) in [5.74, 6) is 0.0570. The molecule has 4 rings (SSSR count). The Morgan fingerprint density at radius 3 is 3.04 bits per heavy atom. The van der Waals surface area contributed by atoms with Gasteiger partial charge in [-0.2, -0.15) is 0 Å². The van der Waals surface area contributed by atoms with Crippen LogP contribution < -0.4 is 16.2 Å². The molecule has 3 N–H and O–H groups in total. The fourth-order valence-corrected chi connectivity index (χ4v) is 3.76. The molecule has 3 atom stereocenters. The molecule has 2 aliphatic rings. The number of benzene rings is 1. The zero-order chi connectivity index (χ0) is 17.1. The summed E-state index contributed by atoms with van der Waals surface area (Å²) in [6.45, 7) is 2.27. The minimum absolute atomic E-state index is 0.0570. The molecule has 0 saturated carbocycles. The number of carbonyl (C=O) groups is 1. The lowest BCUT2D eigenvalue weighted by Gasteiger charge is -2.23. The monoisotopic (exact) mass is 342 g/mol. The molecule has 0 radical (unpaired) electrons. The molecule has 0 aliphatic carbocycles. The zero-order valence-electron chi connectivity index (χ0n) is 14.4. The third kappa shape index (κ3) is 3.86. The molecule has 6 heteroatoms. The Hall–Kier alpha value is -1.89. The fraction of sp³-hybridized carbons (Fsp3) is 0.526. The number of rotatable bonds is 5. The van der Waals surface area contributed by atoms with Crippen LogP contribution in [0.3, 0.4) is 0 Å². The van der Waals surface area contributed by atoms with Gasteiger partial charge in [-0.1, -0.05) is 18.2 Å². The van der Waals surface area contributed by atoms with E-state index in [0.717, 1.165) is 32.4 Å². The van der Waals surface area contributed by atoms with E-state index < -0.39 is 0 Å². The molecule has 2 fully saturated rings. The van der Waals surface area contributed by atoms with E-state index in [2.05, 4.69) is 57.3 Å². The van der Waals surface area contributed by atoms with Crippen molar-refractivity contribution in [3.63, 3.8) is 0 Å². The smallest absolute Gasteiger partial charge is 0.238 e. The third-order valence-corrected chi connectivity index (χ3v) is 5.17. The Morgan fingerprint density at radius 2 is 2.16 bits per heavy atom. The average molecular weight is 342 g/mol. The lowest BCUT2D eigenvalue weighted by Crippen LogP contribution is -2.46. The minimum atomic E-state index is -0.185. The summed E-state index contributed by atoms with van der Waals surface area (Å²) in [4.78, 5) is 12.4. The Bertz CT molecular complexity index is 723. The number of para-hydroxylation sites is 1. The standard InChI is InChI=1S/C19H26N4O2/c24-19(20-12-16-6-3-4-10-25-16)17-11-15(21-22-17)13-23-9-8-14-5-1-2-7-18(14)23/h1-2,5,7-9,15-17,21-22H,3-4,6,10-13H2,(H,20,24). The third-order valence-electron chi connectivity index (χ3n) is 5.17. The highest BCUT2D eigenvalue weighted by Gasteiger charge is 2.30. The maximum Gasteiger partial charge on any atom is 0.238 e. The van der Waals surface area contributed by atoms with Gasteiger partial charge in [-0.25, -0.2) is 5.43 Å². The van der Waals surface area contributed by atoms with Crippen LogP contribution >= 0.6 is 0 Å². The van der Waals surface area contributed by atoms with Crippen molar-refractivity contribution >= 4 is 16.8 Å². The number of ether oxygens (including phenoxy) is 1. The second-order valence-electron chi connectivity index (χ2n) is 7.03. The molecule has 3 heterocycles. The predicted molar refractivity (Wildman–Crippen MR) is 97.0 cm³/mol. The summed E-state index contributed by atoms with van der Waals surface area (Å²) in [6.07, 6.45) is 6.43. The van der Waals surface area contributed by atoms with Crippen LogP contribution in [0.2, 0.25) is 0 Å². The Labute approximate surface area is 147 Å². The second kappa shape index (κ2) is 7.56. The first kappa shape index (κ1) is 16.6. The van der Waals surface area contributed by atoms with Gasteiger partial charge >= 0.3 is 0 Å². The Kier molecular flexibility index (Phi) is 5.01. The number of amides is 1. The number of hydrogen-bond acceptors (Lipinski definition) is 4. The topological polar surface area (TPSA) is 67.3 Å². The lowest BCUT2D eigenvalue weighted by atomic mass is 10.1. The summed E-state index contributed by atoms with van der Waals surface area (Å²) in [5, 5.41) is 4.28. The summed E-state index contributed by atoms with van der Waals surface area (Å²) >= 11 is 0. The molecule has 0 spiro atoms. The predicted octanol–water partition coefficient (Wildman–Crippen LogP) is 1.56. The first-order valence-electron chi connectivity index (χ1n) is 9.24. The number of fused-ring (bicyclic) bond motifs is 1. The molecule has 0 bridgehead atoms. The summed E-state index contributed by atoms with van der Waals surface area (Å²) in [7, 11) is 0. The van der Waals surface area contributed by atoms with E-state index in [1.165, 1.54) is 17.3 Å². The van der Waals surface area contributed by atoms with Crippen LogP contribution in [0.5, 0.6) is 0 Å². The number of nitrogens with zero attached hydrogens (tertiary/aromatic N) is 1. The van der Waals surface area contributed by atoms with Gasteiger partial charge in [0.25, 0.3) is 0 Å². The Morgan fingerprint density at radius 1 is 1.24 bits per heavy atom. The van der Waals surface area contributed by atoms with Gasteiger partial charge in [-0.05, 0) is 43.2 Å². The first-order chi connectivity index (χ1) is 12.3. The van der Waals surface area contributed by atoms with E-state index in [1.54, 1.807) is 0 Å². The van der Waals surface area contributed by atoms with Crippen molar-refractivity contribution in [1.29, 1.82) is 0 Å². The minimum Gasteiger partial charge on any atom is -0.376 e. The first-order valence-corrected chi connectivity index (χ1v) is 9.24. The number of hydrogen-bond donors (Lipinski definition) is 3. The largest absolute Gasteiger partial charge is 0.376 e. The van der Waals surface area contributed by atoms with E-state index in [1.807, 2.05) is 0 Å². The zero-order valence-corrected chi connectivity index (χ0v) is 14.4. The summed E-state index contributed by atoms with van der Waals surface area (Å²) < 4.78 is 7.91. The van der Waals surface area contributed by atoms with Crippen LogP contribution in [-0.4, -0.2) is 41.8 Å². The van der Waals surface area contributed by atoms with Crippen molar-refractivity contribution in [2.24, 2.45) is 0 Å². The highest BCUT2D eigenvalue weighted by Crippen LogP contribution is 2.17. The molecule has 134 valence electrons. The van der Waals surface area contributed by atoms with E-state index in [4.69, 9.17) is 4.74 Å². The maximum absolute atomic E-state index is 12.4. The van der Waals surface area contributed by atoms with Gasteiger partial charge in [-0.15, -0.1) is 0 Å². The van der Waals surface area contributed by atoms with Crippen molar-refractivity contribution in [1.82, 2.24) is 20.7 Å². The van der Waals surface area contributed by atoms with Crippen molar-refractivity contribution in [2.45, 2.75) is 50.4 Å². The number of aromatic nitrogens is 1. The van der Waals surface area contributed by atoms with Gasteiger partial charge in [-0.3, -0.25) is 10.2 Å². The molecule has 1 amide bonds. The van der Waals surface area contributed by atoms with Crippen molar-refractivity contribution in [3.05, 3.63) is 36.5 Å². The van der Waals surface area contributed by atoms with Crippen molar-refractivity contribution in [2.75, 3.05) is 13.2 Å². The van der Waals surface area contributed by atoms with Crippen LogP contribution in [0.4, 0.5) is 0 Å². The van der Waals surface area contributed by atoms with Crippen molar-refractivity contribution in [3.8, 4) is 0 Å². The van der Waals surface area contributed by atoms with E-state index in [9.17, 15) is 4.79 Å². The Balaban J connectivity index is 1.28. The van der Waals surface area contributed by atoms with Crippen molar-refractivity contribution < 1.29 is 9.53 Å².